The van der Waals surface area contributed by atoms with E-state index in [1.54, 1.807) is 19.2 Å². The van der Waals surface area contributed by atoms with E-state index in [9.17, 15) is 18.3 Å². The van der Waals surface area contributed by atoms with Crippen LogP contribution >= 0.6 is 0 Å². The molecule has 0 atom stereocenters. The Labute approximate surface area is 169 Å². The van der Waals surface area contributed by atoms with Crippen LogP contribution in [0.2, 0.25) is 0 Å². The number of nitrogens with one attached hydrogen (secondary N) is 2. The Morgan fingerprint density at radius 1 is 1.10 bits per heavy atom. The van der Waals surface area contributed by atoms with Gasteiger partial charge in [-0.15, -0.1) is 0 Å². The summed E-state index contributed by atoms with van der Waals surface area (Å²) in [7, 11) is -0.764. The van der Waals surface area contributed by atoms with Gasteiger partial charge < -0.3 is 19.9 Å². The van der Waals surface area contributed by atoms with E-state index >= 15 is 0 Å². The quantitative estimate of drug-likeness (QED) is 0.541. The van der Waals surface area contributed by atoms with E-state index in [2.05, 4.69) is 10.0 Å². The Morgan fingerprint density at radius 3 is 2.45 bits per heavy atom. The smallest absolute Gasteiger partial charge is 0.337 e. The van der Waals surface area contributed by atoms with Crippen LogP contribution in [0.25, 0.3) is 0 Å². The Balaban J connectivity index is 1.69. The van der Waals surface area contributed by atoms with E-state index < -0.39 is 16.0 Å². The lowest BCUT2D eigenvalue weighted by Gasteiger charge is -2.12. The minimum Gasteiger partial charge on any atom is -0.493 e. The monoisotopic (exact) mass is 420 g/mol. The largest absolute Gasteiger partial charge is 0.493 e. The first-order valence-corrected chi connectivity index (χ1v) is 10.7. The molecule has 1 fully saturated rings. The number of anilines is 1. The molecular weight excluding hydrogens is 396 g/mol. The van der Waals surface area contributed by atoms with Gasteiger partial charge in [-0.3, -0.25) is 0 Å². The summed E-state index contributed by atoms with van der Waals surface area (Å²) in [6.07, 6.45) is 2.40. The Kier molecular flexibility index (Phi) is 6.29. The fourth-order valence-electron chi connectivity index (χ4n) is 2.89. The highest BCUT2D eigenvalue weighted by Crippen LogP contribution is 2.29. The molecule has 1 aliphatic carbocycles. The zero-order valence-electron chi connectivity index (χ0n) is 16.3. The fourth-order valence-corrected chi connectivity index (χ4v) is 3.95. The van der Waals surface area contributed by atoms with Gasteiger partial charge in [0.25, 0.3) is 0 Å². The van der Waals surface area contributed by atoms with Gasteiger partial charge in [-0.1, -0.05) is 6.07 Å². The summed E-state index contributed by atoms with van der Waals surface area (Å²) in [5.41, 5.74) is 1.25. The minimum absolute atomic E-state index is 0.0559. The van der Waals surface area contributed by atoms with E-state index in [1.807, 2.05) is 6.07 Å². The summed E-state index contributed by atoms with van der Waals surface area (Å²) in [5, 5.41) is 12.5. The SMILES string of the molecule is COc1ccc(CCNS(=O)(=O)c2ccc(NC3CC3)c(C(=O)O)c2)cc1OC. The highest BCUT2D eigenvalue weighted by Gasteiger charge is 2.24. The molecule has 3 N–H and O–H groups in total. The van der Waals surface area contributed by atoms with Crippen molar-refractivity contribution in [3.05, 3.63) is 47.5 Å². The van der Waals surface area contributed by atoms with Crippen molar-refractivity contribution in [2.24, 2.45) is 0 Å². The van der Waals surface area contributed by atoms with Gasteiger partial charge in [-0.25, -0.2) is 17.9 Å². The van der Waals surface area contributed by atoms with Crippen molar-refractivity contribution >= 4 is 21.7 Å². The van der Waals surface area contributed by atoms with Gasteiger partial charge in [-0.05, 0) is 55.2 Å². The molecule has 0 aromatic heterocycles. The molecular formula is C20H24N2O6S. The molecule has 1 saturated carbocycles. The summed E-state index contributed by atoms with van der Waals surface area (Å²) in [4.78, 5) is 11.5. The highest BCUT2D eigenvalue weighted by atomic mass is 32.2. The van der Waals surface area contributed by atoms with Crippen LogP contribution in [-0.2, 0) is 16.4 Å². The average molecular weight is 420 g/mol. The maximum atomic E-state index is 12.6. The number of carboxylic acids is 1. The first kappa shape index (κ1) is 20.9. The Morgan fingerprint density at radius 2 is 1.83 bits per heavy atom. The standard InChI is InChI=1S/C20H24N2O6S/c1-27-18-8-3-13(11-19(18)28-2)9-10-21-29(25,26)15-6-7-17(22-14-4-5-14)16(12-15)20(23)24/h3,6-8,11-12,14,21-22H,4-5,9-10H2,1-2H3,(H,23,24). The maximum absolute atomic E-state index is 12.6. The van der Waals surface area contributed by atoms with E-state index in [1.165, 1.54) is 25.3 Å². The molecule has 2 aromatic carbocycles. The van der Waals surface area contributed by atoms with Crippen molar-refractivity contribution in [3.63, 3.8) is 0 Å². The molecule has 2 aromatic rings. The summed E-state index contributed by atoms with van der Waals surface area (Å²) in [5.74, 6) is -0.00818. The third-order valence-electron chi connectivity index (χ3n) is 4.62. The molecule has 156 valence electrons. The number of sulfonamides is 1. The van der Waals surface area contributed by atoms with Gasteiger partial charge >= 0.3 is 5.97 Å². The van der Waals surface area contributed by atoms with Crippen LogP contribution in [0.5, 0.6) is 11.5 Å². The maximum Gasteiger partial charge on any atom is 0.337 e. The van der Waals surface area contributed by atoms with Gasteiger partial charge in [0.15, 0.2) is 11.5 Å². The van der Waals surface area contributed by atoms with Gasteiger partial charge in [0, 0.05) is 18.3 Å². The normalized spacial score (nSPS) is 13.7. The lowest BCUT2D eigenvalue weighted by molar-refractivity contribution is 0.0697. The molecule has 0 bridgehead atoms. The number of methoxy groups -OCH3 is 2. The van der Waals surface area contributed by atoms with Gasteiger partial charge in [0.05, 0.1) is 24.7 Å². The number of benzene rings is 2. The molecule has 3 rings (SSSR count). The number of rotatable bonds is 10. The van der Waals surface area contributed by atoms with E-state index in [0.717, 1.165) is 18.4 Å². The molecule has 8 nitrogen and oxygen atoms in total. The van der Waals surface area contributed by atoms with Crippen molar-refractivity contribution < 1.29 is 27.8 Å². The number of hydrogen-bond acceptors (Lipinski definition) is 6. The third kappa shape index (κ3) is 5.18. The second-order valence-corrected chi connectivity index (χ2v) is 8.54. The Bertz CT molecular complexity index is 1000. The lowest BCUT2D eigenvalue weighted by Crippen LogP contribution is -2.26. The van der Waals surface area contributed by atoms with E-state index in [0.29, 0.717) is 23.6 Å². The second kappa shape index (κ2) is 8.71. The van der Waals surface area contributed by atoms with Crippen molar-refractivity contribution in [3.8, 4) is 11.5 Å². The first-order valence-electron chi connectivity index (χ1n) is 9.18. The molecule has 0 spiro atoms. The van der Waals surface area contributed by atoms with Crippen LogP contribution in [-0.4, -0.2) is 46.3 Å². The van der Waals surface area contributed by atoms with Crippen LogP contribution in [0.1, 0.15) is 28.8 Å². The number of carboxylic acid groups (broad SMARTS) is 1. The molecule has 0 unspecified atom stereocenters. The van der Waals surface area contributed by atoms with Gasteiger partial charge in [-0.2, -0.15) is 0 Å². The second-order valence-electron chi connectivity index (χ2n) is 6.77. The van der Waals surface area contributed by atoms with Crippen LogP contribution < -0.4 is 19.5 Å². The number of ether oxygens (including phenoxy) is 2. The summed E-state index contributed by atoms with van der Waals surface area (Å²) in [6, 6.07) is 9.74. The van der Waals surface area contributed by atoms with E-state index in [4.69, 9.17) is 9.47 Å². The molecule has 9 heteroatoms. The fraction of sp³-hybridized carbons (Fsp3) is 0.350. The number of aromatic carboxylic acids is 1. The zero-order chi connectivity index (χ0) is 21.0. The van der Waals surface area contributed by atoms with Crippen molar-refractivity contribution in [2.75, 3.05) is 26.1 Å². The van der Waals surface area contributed by atoms with Crippen molar-refractivity contribution in [1.29, 1.82) is 0 Å². The molecule has 0 radical (unpaired) electrons. The van der Waals surface area contributed by atoms with Crippen LogP contribution in [0.4, 0.5) is 5.69 Å². The summed E-state index contributed by atoms with van der Waals surface area (Å²) in [6.45, 7) is 0.155. The number of carbonyl (C=O) groups is 1. The number of hydrogen-bond donors (Lipinski definition) is 3. The summed E-state index contributed by atoms with van der Waals surface area (Å²) < 4.78 is 38.1. The third-order valence-corrected chi connectivity index (χ3v) is 6.08. The van der Waals surface area contributed by atoms with Gasteiger partial charge in [0.1, 0.15) is 0 Å². The molecule has 0 heterocycles. The van der Waals surface area contributed by atoms with Gasteiger partial charge in [0.2, 0.25) is 10.0 Å². The van der Waals surface area contributed by atoms with Crippen LogP contribution in [0.3, 0.4) is 0 Å². The van der Waals surface area contributed by atoms with Crippen LogP contribution in [0.15, 0.2) is 41.3 Å². The predicted octanol–water partition coefficient (Wildman–Crippen LogP) is 2.50. The highest BCUT2D eigenvalue weighted by molar-refractivity contribution is 7.89. The lowest BCUT2D eigenvalue weighted by atomic mass is 10.1. The molecule has 29 heavy (non-hydrogen) atoms. The predicted molar refractivity (Wildman–Crippen MR) is 108 cm³/mol. The molecule has 0 aliphatic heterocycles. The summed E-state index contributed by atoms with van der Waals surface area (Å²) >= 11 is 0. The van der Waals surface area contributed by atoms with Crippen LogP contribution in [0, 0.1) is 0 Å². The van der Waals surface area contributed by atoms with Crippen molar-refractivity contribution in [2.45, 2.75) is 30.2 Å². The average Bonchev–Trinajstić information content (AvgIpc) is 3.51. The topological polar surface area (TPSA) is 114 Å². The molecule has 0 saturated heterocycles. The minimum atomic E-state index is -3.84. The molecule has 1 aliphatic rings. The first-order chi connectivity index (χ1) is 13.8. The molecule has 0 amide bonds. The van der Waals surface area contributed by atoms with E-state index in [-0.39, 0.29) is 23.0 Å². The van der Waals surface area contributed by atoms with Crippen molar-refractivity contribution in [1.82, 2.24) is 4.72 Å². The Hall–Kier alpha value is -2.78. The zero-order valence-corrected chi connectivity index (χ0v) is 17.1.